The predicted molar refractivity (Wildman–Crippen MR) is 250 cm³/mol. The topological polar surface area (TPSA) is 8.17 Å². The van der Waals surface area contributed by atoms with Crippen LogP contribution < -0.4 is 4.90 Å². The number of anilines is 3. The molecule has 5 aliphatic rings. The second kappa shape index (κ2) is 13.2. The van der Waals surface area contributed by atoms with Crippen LogP contribution in [0.25, 0.3) is 60.9 Å². The molecule has 60 heavy (non-hydrogen) atoms. The zero-order valence-electron chi connectivity index (χ0n) is 33.7. The van der Waals surface area contributed by atoms with E-state index in [0.29, 0.717) is 0 Å². The summed E-state index contributed by atoms with van der Waals surface area (Å²) in [6, 6.07) is 72.5. The Balaban J connectivity index is 0.929. The van der Waals surface area contributed by atoms with Crippen molar-refractivity contribution in [2.75, 3.05) is 4.90 Å². The van der Waals surface area contributed by atoms with Crippen LogP contribution in [0.4, 0.5) is 17.1 Å². The average Bonchev–Trinajstić information content (AvgIpc) is 3.80. The highest BCUT2D eigenvalue weighted by Crippen LogP contribution is 2.69. The molecule has 0 aliphatic heterocycles. The highest BCUT2D eigenvalue weighted by atomic mass is 15.1. The first-order valence-electron chi connectivity index (χ1n) is 22.1. The van der Waals surface area contributed by atoms with Gasteiger partial charge in [-0.1, -0.05) is 133 Å². The van der Waals surface area contributed by atoms with Gasteiger partial charge in [-0.2, -0.15) is 0 Å². The Bertz CT molecular complexity index is 3070. The fourth-order valence-corrected chi connectivity index (χ4v) is 13.1. The summed E-state index contributed by atoms with van der Waals surface area (Å²) in [6.45, 7) is 0. The van der Waals surface area contributed by atoms with E-state index in [0.717, 1.165) is 46.4 Å². The molecular weight excluding hydrogens is 725 g/mol. The van der Waals surface area contributed by atoms with Crippen molar-refractivity contribution >= 4 is 38.9 Å². The van der Waals surface area contributed by atoms with Crippen molar-refractivity contribution in [3.05, 3.63) is 205 Å². The number of fused-ring (bicyclic) bond motifs is 6. The predicted octanol–water partition coefficient (Wildman–Crippen LogP) is 15.3. The molecule has 4 bridgehead atoms. The molecule has 0 amide bonds. The van der Waals surface area contributed by atoms with E-state index in [2.05, 4.69) is 204 Å². The van der Waals surface area contributed by atoms with E-state index in [1.54, 1.807) is 11.1 Å². The van der Waals surface area contributed by atoms with Gasteiger partial charge in [0, 0.05) is 33.2 Å². The number of aromatic nitrogens is 1. The number of hydrogen-bond donors (Lipinski definition) is 0. The molecule has 0 unspecified atom stereocenters. The molecule has 14 rings (SSSR count). The van der Waals surface area contributed by atoms with Gasteiger partial charge in [0.05, 0.1) is 16.7 Å². The lowest BCUT2D eigenvalue weighted by Crippen LogP contribution is -2.55. The van der Waals surface area contributed by atoms with E-state index in [-0.39, 0.29) is 5.41 Å². The number of hydrogen-bond acceptors (Lipinski definition) is 1. The van der Waals surface area contributed by atoms with E-state index in [4.69, 9.17) is 0 Å². The Morgan fingerprint density at radius 1 is 0.417 bits per heavy atom. The van der Waals surface area contributed by atoms with Crippen molar-refractivity contribution in [3.63, 3.8) is 0 Å². The summed E-state index contributed by atoms with van der Waals surface area (Å²) in [5.74, 6) is 3.37. The number of rotatable bonds is 6. The number of benzene rings is 8. The van der Waals surface area contributed by atoms with Crippen LogP contribution in [0.2, 0.25) is 0 Å². The monoisotopic (exact) mass is 770 g/mol. The Hall–Kier alpha value is -6.64. The smallest absolute Gasteiger partial charge is 0.0562 e. The lowest BCUT2D eigenvalue weighted by molar-refractivity contribution is -0.0399. The van der Waals surface area contributed by atoms with Gasteiger partial charge in [0.1, 0.15) is 0 Å². The number of nitrogens with zero attached hydrogens (tertiary/aromatic N) is 2. The van der Waals surface area contributed by atoms with Crippen molar-refractivity contribution in [1.82, 2.24) is 4.57 Å². The Labute approximate surface area is 352 Å². The van der Waals surface area contributed by atoms with Crippen molar-refractivity contribution in [2.45, 2.75) is 37.5 Å². The first-order chi connectivity index (χ1) is 29.7. The Kier molecular flexibility index (Phi) is 7.52. The van der Waals surface area contributed by atoms with E-state index in [1.165, 1.54) is 87.3 Å². The molecule has 0 N–H and O–H groups in total. The summed E-state index contributed by atoms with van der Waals surface area (Å²) in [5, 5.41) is 2.48. The third-order valence-corrected chi connectivity index (χ3v) is 15.2. The van der Waals surface area contributed by atoms with Crippen LogP contribution in [-0.2, 0) is 5.41 Å². The minimum Gasteiger partial charge on any atom is -0.310 e. The van der Waals surface area contributed by atoms with Gasteiger partial charge in [-0.25, -0.2) is 0 Å². The second-order valence-corrected chi connectivity index (χ2v) is 18.1. The molecule has 2 nitrogen and oxygen atoms in total. The van der Waals surface area contributed by atoms with Crippen molar-refractivity contribution in [2.24, 2.45) is 23.7 Å². The number of para-hydroxylation sites is 3. The minimum absolute atomic E-state index is 0.156. The van der Waals surface area contributed by atoms with Crippen LogP contribution in [0, 0.1) is 23.7 Å². The van der Waals surface area contributed by atoms with Crippen LogP contribution in [0.15, 0.2) is 194 Å². The highest BCUT2D eigenvalue weighted by Gasteiger charge is 2.61. The maximum Gasteiger partial charge on any atom is 0.0562 e. The standard InChI is InChI=1S/C58H46N2/c1-3-14-44(15-4-1)59(55-24-13-25-56-57(55)51-21-10-12-23-54(51)60(56)45-16-5-2-6-17-45)46-29-26-40(27-30-46)47-18-7-8-19-48(47)41-28-31-50-49-20-9-11-22-52(49)58(53(50)37-41)42-33-38-32-39(35-42)36-43(58)34-38/h1-31,37-39,42-43H,32-36H2. The van der Waals surface area contributed by atoms with Gasteiger partial charge < -0.3 is 9.47 Å². The molecule has 8 aromatic carbocycles. The van der Waals surface area contributed by atoms with E-state index in [1.807, 2.05) is 0 Å². The van der Waals surface area contributed by atoms with Gasteiger partial charge in [0.2, 0.25) is 0 Å². The first-order valence-corrected chi connectivity index (χ1v) is 22.1. The molecule has 2 heteroatoms. The SMILES string of the molecule is c1ccc(N(c2ccc(-c3ccccc3-c3ccc4c(c3)C3(c5ccccc5-4)C4CC5CC(C4)CC3C5)cc2)c2cccc3c2c2ccccc2n3-c2ccccc2)cc1. The van der Waals surface area contributed by atoms with Crippen LogP contribution in [0.3, 0.4) is 0 Å². The zero-order chi connectivity index (χ0) is 39.4. The van der Waals surface area contributed by atoms with Crippen LogP contribution in [0.5, 0.6) is 0 Å². The van der Waals surface area contributed by atoms with Crippen molar-refractivity contribution in [3.8, 4) is 39.1 Å². The van der Waals surface area contributed by atoms with Gasteiger partial charge >= 0.3 is 0 Å². The molecule has 4 fully saturated rings. The minimum atomic E-state index is 0.156. The van der Waals surface area contributed by atoms with Crippen molar-refractivity contribution in [1.29, 1.82) is 0 Å². The summed E-state index contributed by atoms with van der Waals surface area (Å²) in [7, 11) is 0. The lowest BCUT2D eigenvalue weighted by Gasteiger charge is -2.61. The highest BCUT2D eigenvalue weighted by molar-refractivity contribution is 6.16. The maximum atomic E-state index is 2.63. The molecule has 0 atom stereocenters. The van der Waals surface area contributed by atoms with E-state index in [9.17, 15) is 0 Å². The van der Waals surface area contributed by atoms with E-state index < -0.39 is 0 Å². The fraction of sp³-hybridized carbons (Fsp3) is 0.172. The summed E-state index contributed by atoms with van der Waals surface area (Å²) in [5.41, 5.74) is 18.5. The lowest BCUT2D eigenvalue weighted by atomic mass is 9.43. The fourth-order valence-electron chi connectivity index (χ4n) is 13.1. The van der Waals surface area contributed by atoms with Gasteiger partial charge in [0.15, 0.2) is 0 Å². The van der Waals surface area contributed by atoms with E-state index >= 15 is 0 Å². The first kappa shape index (κ1) is 34.2. The molecule has 0 radical (unpaired) electrons. The van der Waals surface area contributed by atoms with Crippen molar-refractivity contribution < 1.29 is 0 Å². The molecule has 288 valence electrons. The molecule has 4 saturated carbocycles. The second-order valence-electron chi connectivity index (χ2n) is 18.1. The molecule has 9 aromatic rings. The summed E-state index contributed by atoms with van der Waals surface area (Å²) in [4.78, 5) is 2.43. The zero-order valence-corrected chi connectivity index (χ0v) is 33.7. The summed E-state index contributed by atoms with van der Waals surface area (Å²) < 4.78 is 2.40. The summed E-state index contributed by atoms with van der Waals surface area (Å²) >= 11 is 0. The molecule has 5 aliphatic carbocycles. The van der Waals surface area contributed by atoms with Crippen LogP contribution in [0.1, 0.15) is 43.2 Å². The largest absolute Gasteiger partial charge is 0.310 e. The maximum absolute atomic E-state index is 2.63. The molecule has 0 saturated heterocycles. The normalized spacial score (nSPS) is 22.1. The molecule has 1 aromatic heterocycles. The molecular formula is C58H46N2. The average molecular weight is 771 g/mol. The van der Waals surface area contributed by atoms with Gasteiger partial charge in [-0.3, -0.25) is 0 Å². The van der Waals surface area contributed by atoms with Crippen LogP contribution >= 0.6 is 0 Å². The third kappa shape index (κ3) is 4.88. The third-order valence-electron chi connectivity index (χ3n) is 15.2. The van der Waals surface area contributed by atoms with Gasteiger partial charge in [-0.15, -0.1) is 0 Å². The molecule has 1 spiro atoms. The molecule has 1 heterocycles. The Morgan fingerprint density at radius 2 is 0.983 bits per heavy atom. The van der Waals surface area contributed by atoms with Gasteiger partial charge in [0.25, 0.3) is 0 Å². The summed E-state index contributed by atoms with van der Waals surface area (Å²) in [6.07, 6.45) is 7.07. The quantitative estimate of drug-likeness (QED) is 0.163. The Morgan fingerprint density at radius 3 is 1.73 bits per heavy atom. The van der Waals surface area contributed by atoms with Crippen LogP contribution in [-0.4, -0.2) is 4.57 Å². The van der Waals surface area contributed by atoms with Gasteiger partial charge in [-0.05, 0) is 161 Å².